The van der Waals surface area contributed by atoms with Crippen molar-refractivity contribution in [1.82, 2.24) is 0 Å². The van der Waals surface area contributed by atoms with Crippen molar-refractivity contribution in [2.24, 2.45) is 0 Å². The van der Waals surface area contributed by atoms with Crippen LogP contribution in [-0.2, 0) is 28.5 Å². The first kappa shape index (κ1) is 20.1. The summed E-state index contributed by atoms with van der Waals surface area (Å²) in [5, 5.41) is -0.974. The number of ether oxygens (including phenoxy) is 1. The highest BCUT2D eigenvalue weighted by molar-refractivity contribution is 7.55. The van der Waals surface area contributed by atoms with E-state index >= 15 is 0 Å². The van der Waals surface area contributed by atoms with Gasteiger partial charge >= 0.3 is 13.6 Å². The molecule has 7 heteroatoms. The van der Waals surface area contributed by atoms with Gasteiger partial charge in [-0.3, -0.25) is 9.36 Å². The lowest BCUT2D eigenvalue weighted by Gasteiger charge is -2.38. The molecule has 0 bridgehead atoms. The summed E-state index contributed by atoms with van der Waals surface area (Å²) < 4.78 is 31.1. The summed E-state index contributed by atoms with van der Waals surface area (Å²) in [4.78, 5) is 12.5. The van der Waals surface area contributed by atoms with Gasteiger partial charge in [-0.05, 0) is 31.5 Å². The minimum atomic E-state index is -3.87. The number of hydrogen-bond donors (Lipinski definition) is 0. The lowest BCUT2D eigenvalue weighted by molar-refractivity contribution is -0.145. The Bertz CT molecular complexity index is 829. The van der Waals surface area contributed by atoms with Gasteiger partial charge in [0.2, 0.25) is 5.34 Å². The molecule has 2 unspecified atom stereocenters. The van der Waals surface area contributed by atoms with Gasteiger partial charge in [0.25, 0.3) is 0 Å². The van der Waals surface area contributed by atoms with Crippen LogP contribution in [0, 0.1) is 0 Å². The van der Waals surface area contributed by atoms with E-state index in [1.807, 2.05) is 30.3 Å². The first-order valence-corrected chi connectivity index (χ1v) is 10.8. The third-order valence-electron chi connectivity index (χ3n) is 4.58. The Kier molecular flexibility index (Phi) is 6.07. The van der Waals surface area contributed by atoms with E-state index < -0.39 is 24.8 Å². The van der Waals surface area contributed by atoms with E-state index in [0.717, 1.165) is 5.56 Å². The first-order valence-electron chi connectivity index (χ1n) is 8.89. The van der Waals surface area contributed by atoms with Crippen molar-refractivity contribution in [2.45, 2.75) is 31.5 Å². The van der Waals surface area contributed by atoms with Crippen LogP contribution < -0.4 is 0 Å². The SMILES string of the molecule is CCOP(=O)(OCC)C1(c2ccccc2)OC(=O)CC1c1ccc(Cl)cc1. The molecule has 1 heterocycles. The van der Waals surface area contributed by atoms with E-state index in [0.29, 0.717) is 10.6 Å². The number of halogens is 1. The molecule has 2 aromatic rings. The normalized spacial score (nSPS) is 22.6. The van der Waals surface area contributed by atoms with E-state index in [4.69, 9.17) is 25.4 Å². The molecule has 144 valence electrons. The average Bonchev–Trinajstić information content (AvgIpc) is 3.02. The Labute approximate surface area is 164 Å². The standard InChI is InChI=1S/C20H22ClO5P/c1-3-24-27(23,25-4-2)20(16-8-6-5-7-9-16)18(14-19(22)26-20)15-10-12-17(21)13-11-15/h5-13,18H,3-4,14H2,1-2H3. The fourth-order valence-electron chi connectivity index (χ4n) is 3.54. The number of benzene rings is 2. The Balaban J connectivity index is 2.26. The van der Waals surface area contributed by atoms with Crippen LogP contribution in [0.1, 0.15) is 37.3 Å². The van der Waals surface area contributed by atoms with Crippen LogP contribution in [0.25, 0.3) is 0 Å². The minimum absolute atomic E-state index is 0.0701. The number of carbonyl (C=O) groups excluding carboxylic acids is 1. The predicted octanol–water partition coefficient (Wildman–Crippen LogP) is 5.49. The van der Waals surface area contributed by atoms with Gasteiger partial charge in [-0.2, -0.15) is 0 Å². The molecule has 1 fully saturated rings. The monoisotopic (exact) mass is 408 g/mol. The Morgan fingerprint density at radius 1 is 1.07 bits per heavy atom. The van der Waals surface area contributed by atoms with Crippen molar-refractivity contribution in [3.63, 3.8) is 0 Å². The minimum Gasteiger partial charge on any atom is -0.440 e. The van der Waals surface area contributed by atoms with Gasteiger partial charge in [-0.1, -0.05) is 54.1 Å². The maximum Gasteiger partial charge on any atom is 0.379 e. The molecule has 0 spiro atoms. The third-order valence-corrected chi connectivity index (χ3v) is 7.50. The van der Waals surface area contributed by atoms with Gasteiger partial charge in [0, 0.05) is 10.6 Å². The van der Waals surface area contributed by atoms with Gasteiger partial charge < -0.3 is 13.8 Å². The highest BCUT2D eigenvalue weighted by atomic mass is 35.5. The zero-order valence-corrected chi connectivity index (χ0v) is 16.9. The summed E-state index contributed by atoms with van der Waals surface area (Å²) in [6.45, 7) is 3.80. The molecule has 0 amide bonds. The number of carbonyl (C=O) groups is 1. The molecule has 0 radical (unpaired) electrons. The molecule has 5 nitrogen and oxygen atoms in total. The fourth-order valence-corrected chi connectivity index (χ4v) is 6.11. The van der Waals surface area contributed by atoms with Crippen molar-refractivity contribution >= 4 is 25.2 Å². The lowest BCUT2D eigenvalue weighted by Crippen LogP contribution is -2.33. The quantitative estimate of drug-likeness (QED) is 0.448. The van der Waals surface area contributed by atoms with Crippen LogP contribution in [0.5, 0.6) is 0 Å². The van der Waals surface area contributed by atoms with E-state index in [1.165, 1.54) is 0 Å². The molecule has 1 saturated heterocycles. The van der Waals surface area contributed by atoms with E-state index in [-0.39, 0.29) is 19.6 Å². The van der Waals surface area contributed by atoms with Crippen molar-refractivity contribution < 1.29 is 23.1 Å². The summed E-state index contributed by atoms with van der Waals surface area (Å²) in [5.74, 6) is -0.980. The molecule has 1 aliphatic heterocycles. The first-order chi connectivity index (χ1) is 13.0. The molecule has 2 atom stereocenters. The summed E-state index contributed by atoms with van der Waals surface area (Å²) >= 11 is 6.02. The molecular weight excluding hydrogens is 387 g/mol. The van der Waals surface area contributed by atoms with Crippen molar-refractivity contribution in [3.8, 4) is 0 Å². The van der Waals surface area contributed by atoms with Gasteiger partial charge in [0.1, 0.15) is 0 Å². The second-order valence-electron chi connectivity index (χ2n) is 6.18. The van der Waals surface area contributed by atoms with E-state index in [2.05, 4.69) is 0 Å². The number of rotatable bonds is 7. The molecule has 2 aromatic carbocycles. The molecule has 0 aromatic heterocycles. The summed E-state index contributed by atoms with van der Waals surface area (Å²) in [5.41, 5.74) is 1.37. The number of hydrogen-bond acceptors (Lipinski definition) is 5. The summed E-state index contributed by atoms with van der Waals surface area (Å²) in [6, 6.07) is 16.1. The predicted molar refractivity (Wildman–Crippen MR) is 104 cm³/mol. The third kappa shape index (κ3) is 3.57. The van der Waals surface area contributed by atoms with E-state index in [1.54, 1.807) is 38.1 Å². The lowest BCUT2D eigenvalue weighted by atomic mass is 9.88. The second-order valence-corrected chi connectivity index (χ2v) is 8.79. The number of esters is 1. The fraction of sp³-hybridized carbons (Fsp3) is 0.350. The summed E-state index contributed by atoms with van der Waals surface area (Å²) in [6.07, 6.45) is 0.0701. The summed E-state index contributed by atoms with van der Waals surface area (Å²) in [7, 11) is -3.87. The zero-order chi connectivity index (χ0) is 19.5. The Hall–Kier alpha value is -1.65. The molecule has 27 heavy (non-hydrogen) atoms. The van der Waals surface area contributed by atoms with Crippen LogP contribution >= 0.6 is 19.2 Å². The van der Waals surface area contributed by atoms with Gasteiger partial charge in [-0.15, -0.1) is 0 Å². The highest BCUT2D eigenvalue weighted by Gasteiger charge is 2.65. The van der Waals surface area contributed by atoms with Gasteiger partial charge in [-0.25, -0.2) is 0 Å². The van der Waals surface area contributed by atoms with Crippen LogP contribution in [0.4, 0.5) is 0 Å². The van der Waals surface area contributed by atoms with E-state index in [9.17, 15) is 9.36 Å². The van der Waals surface area contributed by atoms with Crippen LogP contribution in [0.3, 0.4) is 0 Å². The van der Waals surface area contributed by atoms with Crippen molar-refractivity contribution in [3.05, 3.63) is 70.7 Å². The maximum atomic E-state index is 14.0. The second kappa shape index (κ2) is 8.15. The van der Waals surface area contributed by atoms with Crippen LogP contribution in [0.15, 0.2) is 54.6 Å². The smallest absolute Gasteiger partial charge is 0.379 e. The van der Waals surface area contributed by atoms with Crippen molar-refractivity contribution in [1.29, 1.82) is 0 Å². The average molecular weight is 409 g/mol. The molecule has 0 saturated carbocycles. The maximum absolute atomic E-state index is 14.0. The Morgan fingerprint density at radius 3 is 2.22 bits per heavy atom. The largest absolute Gasteiger partial charge is 0.440 e. The van der Waals surface area contributed by atoms with Gasteiger partial charge in [0.05, 0.1) is 25.6 Å². The molecule has 1 aliphatic rings. The van der Waals surface area contributed by atoms with Gasteiger partial charge in [0.15, 0.2) is 0 Å². The van der Waals surface area contributed by atoms with Crippen molar-refractivity contribution in [2.75, 3.05) is 13.2 Å². The molecular formula is C20H22ClO5P. The topological polar surface area (TPSA) is 61.8 Å². The zero-order valence-electron chi connectivity index (χ0n) is 15.3. The molecule has 3 rings (SSSR count). The Morgan fingerprint density at radius 2 is 1.67 bits per heavy atom. The number of cyclic esters (lactones) is 1. The highest BCUT2D eigenvalue weighted by Crippen LogP contribution is 2.73. The molecule has 0 aliphatic carbocycles. The van der Waals surface area contributed by atoms with Crippen LogP contribution in [0.2, 0.25) is 5.02 Å². The molecule has 0 N–H and O–H groups in total. The van der Waals surface area contributed by atoms with Crippen LogP contribution in [-0.4, -0.2) is 19.2 Å².